The van der Waals surface area contributed by atoms with Crippen molar-refractivity contribution in [3.05, 3.63) is 65.7 Å². The van der Waals surface area contributed by atoms with Crippen molar-refractivity contribution in [3.63, 3.8) is 0 Å². The zero-order chi connectivity index (χ0) is 31.1. The van der Waals surface area contributed by atoms with Crippen molar-refractivity contribution in [2.45, 2.75) is 27.7 Å². The maximum Gasteiger partial charge on any atom is 0.530 e. The highest BCUT2D eigenvalue weighted by molar-refractivity contribution is 7.49. The lowest BCUT2D eigenvalue weighted by Gasteiger charge is -2.16. The van der Waals surface area contributed by atoms with Gasteiger partial charge in [0.15, 0.2) is 11.6 Å². The molecule has 3 rings (SSSR count). The molecule has 3 aromatic rings. The summed E-state index contributed by atoms with van der Waals surface area (Å²) in [5.41, 5.74) is 12.8. The molecule has 0 fully saturated rings. The van der Waals surface area contributed by atoms with Gasteiger partial charge >= 0.3 is 15.6 Å². The van der Waals surface area contributed by atoms with E-state index in [0.29, 0.717) is 23.1 Å². The first-order valence-corrected chi connectivity index (χ1v) is 16.2. The fourth-order valence-electron chi connectivity index (χ4n) is 3.23. The van der Waals surface area contributed by atoms with Gasteiger partial charge in [-0.25, -0.2) is 9.13 Å². The molecule has 0 saturated carbocycles. The van der Waals surface area contributed by atoms with Crippen LogP contribution >= 0.6 is 15.6 Å². The Morgan fingerprint density at radius 3 is 1.35 bits per heavy atom. The van der Waals surface area contributed by atoms with E-state index in [-0.39, 0.29) is 32.4 Å². The molecule has 1 heterocycles. The molecular formula is C26H35N7O8P2. The predicted molar refractivity (Wildman–Crippen MR) is 165 cm³/mol. The van der Waals surface area contributed by atoms with Gasteiger partial charge in [0.1, 0.15) is 11.5 Å². The maximum absolute atomic E-state index is 12.5. The van der Waals surface area contributed by atoms with Crippen molar-refractivity contribution in [3.8, 4) is 11.5 Å². The summed E-state index contributed by atoms with van der Waals surface area (Å²) in [7, 11) is -7.35. The van der Waals surface area contributed by atoms with Gasteiger partial charge in [0, 0.05) is 6.07 Å². The van der Waals surface area contributed by atoms with E-state index >= 15 is 0 Å². The molecule has 232 valence electrons. The summed E-state index contributed by atoms with van der Waals surface area (Å²) in [5, 5.41) is 8.32. The zero-order valence-corrected chi connectivity index (χ0v) is 26.0. The van der Waals surface area contributed by atoms with Gasteiger partial charge in [0.25, 0.3) is 0 Å². The van der Waals surface area contributed by atoms with Crippen molar-refractivity contribution in [1.82, 2.24) is 9.97 Å². The third-order valence-electron chi connectivity index (χ3n) is 4.87. The fourth-order valence-corrected chi connectivity index (χ4v) is 5.61. The lowest BCUT2D eigenvalue weighted by molar-refractivity contribution is 0.166. The number of phosphoric acid groups is 2. The van der Waals surface area contributed by atoms with E-state index in [1.807, 2.05) is 0 Å². The van der Waals surface area contributed by atoms with Gasteiger partial charge in [-0.2, -0.15) is 20.2 Å². The molecule has 0 amide bonds. The van der Waals surface area contributed by atoms with Gasteiger partial charge in [-0.3, -0.25) is 28.9 Å². The van der Waals surface area contributed by atoms with Crippen molar-refractivity contribution < 1.29 is 36.3 Å². The number of hydrogen-bond acceptors (Lipinski definition) is 15. The first-order chi connectivity index (χ1) is 20.7. The van der Waals surface area contributed by atoms with Crippen molar-refractivity contribution in [2.24, 2.45) is 10.2 Å². The topological polar surface area (TPSA) is 190 Å². The van der Waals surface area contributed by atoms with E-state index in [2.05, 4.69) is 31.0 Å². The Morgan fingerprint density at radius 2 is 1.02 bits per heavy atom. The second-order valence-electron chi connectivity index (χ2n) is 8.12. The number of nitrogens with one attached hydrogen (secondary N) is 2. The van der Waals surface area contributed by atoms with E-state index in [1.165, 1.54) is 0 Å². The zero-order valence-electron chi connectivity index (χ0n) is 24.2. The summed E-state index contributed by atoms with van der Waals surface area (Å²) in [6, 6.07) is 14.9. The van der Waals surface area contributed by atoms with Crippen LogP contribution in [0.1, 0.15) is 38.8 Å². The Hall–Kier alpha value is -3.84. The van der Waals surface area contributed by atoms with Gasteiger partial charge < -0.3 is 14.8 Å². The van der Waals surface area contributed by atoms with Crippen molar-refractivity contribution in [2.75, 3.05) is 43.0 Å². The highest BCUT2D eigenvalue weighted by atomic mass is 31.2. The SMILES string of the molecule is CCOP(=O)(OCC)Oc1ccc(C=NNc2cc(N/N=C/c3ccc(OP(=O)(OCC)OCC)cc3)nc(N)n2)cc1. The number of nitrogen functional groups attached to an aromatic ring is 1. The number of aromatic nitrogens is 2. The summed E-state index contributed by atoms with van der Waals surface area (Å²) >= 11 is 0. The Labute approximate surface area is 250 Å². The smallest absolute Gasteiger partial charge is 0.404 e. The second-order valence-corrected chi connectivity index (χ2v) is 11.3. The van der Waals surface area contributed by atoms with Crippen molar-refractivity contribution >= 4 is 45.7 Å². The summed E-state index contributed by atoms with van der Waals surface area (Å²) in [6.07, 6.45) is 3.10. The summed E-state index contributed by atoms with van der Waals surface area (Å²) in [5.74, 6) is 1.31. The number of nitrogens with zero attached hydrogens (tertiary/aromatic N) is 4. The molecule has 0 aliphatic rings. The van der Waals surface area contributed by atoms with Crippen LogP contribution in [0.25, 0.3) is 0 Å². The molecule has 0 unspecified atom stereocenters. The molecule has 4 N–H and O–H groups in total. The number of rotatable bonds is 18. The van der Waals surface area contributed by atoms with Crippen LogP contribution in [-0.4, -0.2) is 48.8 Å². The predicted octanol–water partition coefficient (Wildman–Crippen LogP) is 6.07. The molecule has 0 atom stereocenters. The van der Waals surface area contributed by atoms with Gasteiger partial charge in [0.05, 0.1) is 38.9 Å². The third kappa shape index (κ3) is 11.4. The van der Waals surface area contributed by atoms with E-state index in [0.717, 1.165) is 11.1 Å². The molecule has 0 bridgehead atoms. The minimum atomic E-state index is -3.68. The highest BCUT2D eigenvalue weighted by Gasteiger charge is 2.28. The lowest BCUT2D eigenvalue weighted by Crippen LogP contribution is -2.03. The van der Waals surface area contributed by atoms with Crippen LogP contribution in [0.2, 0.25) is 0 Å². The van der Waals surface area contributed by atoms with Gasteiger partial charge in [0.2, 0.25) is 5.95 Å². The highest BCUT2D eigenvalue weighted by Crippen LogP contribution is 2.50. The molecule has 0 spiro atoms. The third-order valence-corrected chi connectivity index (χ3v) is 8.04. The largest absolute Gasteiger partial charge is 0.530 e. The van der Waals surface area contributed by atoms with Crippen LogP contribution in [-0.2, 0) is 27.2 Å². The van der Waals surface area contributed by atoms with Crippen LogP contribution in [0.4, 0.5) is 17.6 Å². The normalized spacial score (nSPS) is 12.1. The molecule has 0 aliphatic carbocycles. The minimum Gasteiger partial charge on any atom is -0.404 e. The Balaban J connectivity index is 1.56. The molecule has 2 aromatic carbocycles. The molecule has 0 radical (unpaired) electrons. The summed E-state index contributed by atoms with van der Waals surface area (Å²) < 4.78 is 56.4. The number of phosphoric ester groups is 2. The standard InChI is InChI=1S/C26H35N7O8P2/c1-5-36-42(34,37-6-2)40-22-13-9-20(10-14-22)18-28-32-24-17-25(31-26(27)30-24)33-29-19-21-11-15-23(16-12-21)41-43(35,38-7-3)39-8-4/h9-19H,5-8H2,1-4H3,(H4,27,30,31,32,33)/b28-18+,29-19?. The van der Waals surface area contributed by atoms with Gasteiger partial charge in [-0.1, -0.05) is 0 Å². The van der Waals surface area contributed by atoms with E-state index < -0.39 is 15.6 Å². The van der Waals surface area contributed by atoms with Crippen molar-refractivity contribution in [1.29, 1.82) is 0 Å². The Kier molecular flexibility index (Phi) is 13.1. The molecule has 1 aromatic heterocycles. The molecule has 15 nitrogen and oxygen atoms in total. The fraction of sp³-hybridized carbons (Fsp3) is 0.308. The Bertz CT molecular complexity index is 1330. The molecular weight excluding hydrogens is 600 g/mol. The minimum absolute atomic E-state index is 0.00181. The lowest BCUT2D eigenvalue weighted by atomic mass is 10.2. The Morgan fingerprint density at radius 1 is 0.674 bits per heavy atom. The van der Waals surface area contributed by atoms with Gasteiger partial charge in [-0.15, -0.1) is 0 Å². The molecule has 17 heteroatoms. The monoisotopic (exact) mass is 635 g/mol. The molecule has 0 saturated heterocycles. The van der Waals surface area contributed by atoms with E-state index in [9.17, 15) is 9.13 Å². The average molecular weight is 636 g/mol. The number of anilines is 3. The number of nitrogens with two attached hydrogens (primary N) is 1. The van der Waals surface area contributed by atoms with Gasteiger partial charge in [-0.05, 0) is 87.4 Å². The number of benzene rings is 2. The second kappa shape index (κ2) is 16.7. The quantitative estimate of drug-likeness (QED) is 0.0830. The van der Waals surface area contributed by atoms with E-state index in [1.54, 1.807) is 94.7 Å². The van der Waals surface area contributed by atoms with E-state index in [4.69, 9.17) is 32.9 Å². The van der Waals surface area contributed by atoms with Crippen LogP contribution in [0.15, 0.2) is 64.8 Å². The maximum atomic E-state index is 12.5. The molecule has 43 heavy (non-hydrogen) atoms. The average Bonchev–Trinajstić information content (AvgIpc) is 2.95. The first-order valence-electron chi connectivity index (χ1n) is 13.3. The number of hydrogen-bond donors (Lipinski definition) is 3. The summed E-state index contributed by atoms with van der Waals surface area (Å²) in [4.78, 5) is 8.20. The molecule has 0 aliphatic heterocycles. The number of hydrazone groups is 2. The van der Waals surface area contributed by atoms with Crippen LogP contribution in [0.5, 0.6) is 11.5 Å². The summed E-state index contributed by atoms with van der Waals surface area (Å²) in [6.45, 7) is 7.55. The van der Waals surface area contributed by atoms with Crippen LogP contribution in [0.3, 0.4) is 0 Å². The first kappa shape index (κ1) is 33.7. The van der Waals surface area contributed by atoms with Crippen LogP contribution in [0, 0.1) is 0 Å². The van der Waals surface area contributed by atoms with Crippen LogP contribution < -0.4 is 25.6 Å².